The van der Waals surface area contributed by atoms with Gasteiger partial charge >= 0.3 is 0 Å². The number of benzene rings is 1. The third kappa shape index (κ3) is 6.96. The molecule has 0 aliphatic carbocycles. The van der Waals surface area contributed by atoms with Crippen LogP contribution in [0.5, 0.6) is 0 Å². The number of nitrogens with zero attached hydrogens (tertiary/aromatic N) is 1. The molecule has 1 atom stereocenters. The van der Waals surface area contributed by atoms with Gasteiger partial charge in [0.25, 0.3) is 0 Å². The highest BCUT2D eigenvalue weighted by molar-refractivity contribution is 7.89. The molecule has 1 aromatic carbocycles. The predicted octanol–water partition coefficient (Wildman–Crippen LogP) is 2.75. The van der Waals surface area contributed by atoms with Crippen LogP contribution in [0, 0.1) is 6.92 Å². The fourth-order valence-electron chi connectivity index (χ4n) is 2.22. The van der Waals surface area contributed by atoms with E-state index in [2.05, 4.69) is 33.9 Å². The van der Waals surface area contributed by atoms with Crippen LogP contribution >= 0.6 is 0 Å². The van der Waals surface area contributed by atoms with Crippen LogP contribution in [0.15, 0.2) is 29.2 Å². The lowest BCUT2D eigenvalue weighted by molar-refractivity contribution is 0.0818. The van der Waals surface area contributed by atoms with Gasteiger partial charge in [0.05, 0.1) is 17.6 Å². The van der Waals surface area contributed by atoms with Gasteiger partial charge in [-0.05, 0) is 43.6 Å². The summed E-state index contributed by atoms with van der Waals surface area (Å²) in [6, 6.07) is 6.62. The summed E-state index contributed by atoms with van der Waals surface area (Å²) < 4.78 is 33.1. The molecule has 0 aliphatic heterocycles. The Morgan fingerprint density at radius 3 is 2.22 bits per heavy atom. The number of aryl methyl sites for hydroxylation is 1. The topological polar surface area (TPSA) is 87.1 Å². The fraction of sp³-hybridized carbons (Fsp3) is 0.684. The Balaban J connectivity index is 2.89. The zero-order chi connectivity index (χ0) is 20.9. The van der Waals surface area contributed by atoms with E-state index >= 15 is 0 Å². The van der Waals surface area contributed by atoms with Crippen molar-refractivity contribution in [3.05, 3.63) is 29.8 Å². The van der Waals surface area contributed by atoms with Crippen LogP contribution < -0.4 is 0 Å². The van der Waals surface area contributed by atoms with E-state index in [9.17, 15) is 13.5 Å². The molecule has 0 unspecified atom stereocenters. The maximum absolute atomic E-state index is 12.9. The largest absolute Gasteiger partial charge is 0.414 e. The van der Waals surface area contributed by atoms with Crippen LogP contribution in [0.4, 0.5) is 0 Å². The van der Waals surface area contributed by atoms with Crippen molar-refractivity contribution in [2.24, 2.45) is 0 Å². The van der Waals surface area contributed by atoms with Crippen molar-refractivity contribution < 1.29 is 23.1 Å². The molecule has 0 heterocycles. The van der Waals surface area contributed by atoms with Crippen molar-refractivity contribution in [3.63, 3.8) is 0 Å². The van der Waals surface area contributed by atoms with Crippen LogP contribution in [0.2, 0.25) is 18.1 Å². The summed E-state index contributed by atoms with van der Waals surface area (Å²) in [6.07, 6.45) is -0.626. The summed E-state index contributed by atoms with van der Waals surface area (Å²) in [7, 11) is -5.78. The number of hydrogen-bond acceptors (Lipinski definition) is 5. The first-order valence-corrected chi connectivity index (χ1v) is 13.7. The predicted molar refractivity (Wildman–Crippen MR) is 111 cm³/mol. The lowest BCUT2D eigenvalue weighted by Gasteiger charge is -2.37. The van der Waals surface area contributed by atoms with Gasteiger partial charge in [0, 0.05) is 19.7 Å². The van der Waals surface area contributed by atoms with Gasteiger partial charge in [0.1, 0.15) is 0 Å². The number of aliphatic hydroxyl groups excluding tert-OH is 2. The van der Waals surface area contributed by atoms with Crippen LogP contribution in [-0.2, 0) is 14.4 Å². The summed E-state index contributed by atoms with van der Waals surface area (Å²) in [4.78, 5) is 0.184. The Labute approximate surface area is 165 Å². The molecule has 0 saturated carbocycles. The van der Waals surface area contributed by atoms with Crippen molar-refractivity contribution >= 4 is 18.3 Å². The van der Waals surface area contributed by atoms with Crippen molar-refractivity contribution in [3.8, 4) is 0 Å². The van der Waals surface area contributed by atoms with Gasteiger partial charge in [-0.3, -0.25) is 0 Å². The van der Waals surface area contributed by atoms with Gasteiger partial charge in [-0.1, -0.05) is 38.5 Å². The molecule has 0 aromatic heterocycles. The molecule has 156 valence electrons. The van der Waals surface area contributed by atoms with E-state index in [4.69, 9.17) is 9.53 Å². The van der Waals surface area contributed by atoms with Gasteiger partial charge in [-0.25, -0.2) is 8.42 Å². The Hall–Kier alpha value is -0.773. The molecule has 6 nitrogen and oxygen atoms in total. The first kappa shape index (κ1) is 24.3. The quantitative estimate of drug-likeness (QED) is 0.572. The lowest BCUT2D eigenvalue weighted by Crippen LogP contribution is -2.45. The van der Waals surface area contributed by atoms with E-state index in [0.29, 0.717) is 6.42 Å². The van der Waals surface area contributed by atoms with Gasteiger partial charge in [0.15, 0.2) is 8.32 Å². The molecule has 0 amide bonds. The Bertz CT molecular complexity index is 683. The molecule has 0 fully saturated rings. The number of sulfonamides is 1. The maximum atomic E-state index is 12.9. The van der Waals surface area contributed by atoms with Crippen LogP contribution in [0.1, 0.15) is 32.8 Å². The molecule has 0 radical (unpaired) electrons. The summed E-state index contributed by atoms with van der Waals surface area (Å²) in [5.74, 6) is 0. The van der Waals surface area contributed by atoms with Gasteiger partial charge in [-0.15, -0.1) is 0 Å². The van der Waals surface area contributed by atoms with E-state index in [-0.39, 0.29) is 36.2 Å². The Morgan fingerprint density at radius 2 is 1.74 bits per heavy atom. The van der Waals surface area contributed by atoms with Crippen molar-refractivity contribution in [2.45, 2.75) is 63.2 Å². The second-order valence-corrected chi connectivity index (χ2v) is 15.2. The van der Waals surface area contributed by atoms with Gasteiger partial charge in [-0.2, -0.15) is 4.31 Å². The minimum absolute atomic E-state index is 0.0112. The molecule has 0 saturated heterocycles. The monoisotopic (exact) mass is 417 g/mol. The average Bonchev–Trinajstić information content (AvgIpc) is 2.56. The summed E-state index contributed by atoms with van der Waals surface area (Å²) >= 11 is 0. The van der Waals surface area contributed by atoms with E-state index in [1.54, 1.807) is 24.3 Å². The molecular weight excluding hydrogens is 382 g/mol. The second kappa shape index (κ2) is 9.62. The minimum Gasteiger partial charge on any atom is -0.414 e. The highest BCUT2D eigenvalue weighted by Crippen LogP contribution is 2.36. The first-order chi connectivity index (χ1) is 12.3. The molecule has 1 rings (SSSR count). The first-order valence-electron chi connectivity index (χ1n) is 9.31. The van der Waals surface area contributed by atoms with Crippen molar-refractivity contribution in [1.82, 2.24) is 4.31 Å². The standard InChI is InChI=1S/C19H35NO5SSi/c1-16-8-10-18(11-9-16)26(23,24)20(12-7-13-21)14-17(22)15-25-27(5,6)19(2,3)4/h8-11,17,21-22H,7,12-15H2,1-6H3/t17-/m0/s1. The molecule has 1 aromatic rings. The molecule has 0 spiro atoms. The van der Waals surface area contributed by atoms with E-state index in [0.717, 1.165) is 5.56 Å². The van der Waals surface area contributed by atoms with Crippen LogP contribution in [0.3, 0.4) is 0 Å². The normalized spacial score (nSPS) is 14.6. The Morgan fingerprint density at radius 1 is 1.19 bits per heavy atom. The maximum Gasteiger partial charge on any atom is 0.243 e. The zero-order valence-corrected chi connectivity index (χ0v) is 19.2. The van der Waals surface area contributed by atoms with Crippen LogP contribution in [-0.4, -0.2) is 63.7 Å². The second-order valence-electron chi connectivity index (χ2n) is 8.48. The summed E-state index contributed by atoms with van der Waals surface area (Å²) in [6.45, 7) is 12.5. The number of hydrogen-bond donors (Lipinski definition) is 2. The fourth-order valence-corrected chi connectivity index (χ4v) is 4.78. The average molecular weight is 418 g/mol. The number of aliphatic hydroxyl groups is 2. The third-order valence-electron chi connectivity index (χ3n) is 5.08. The van der Waals surface area contributed by atoms with Crippen molar-refractivity contribution in [2.75, 3.05) is 26.3 Å². The number of rotatable bonds is 10. The smallest absolute Gasteiger partial charge is 0.243 e. The summed E-state index contributed by atoms with van der Waals surface area (Å²) in [5, 5.41) is 19.6. The van der Waals surface area contributed by atoms with Gasteiger partial charge < -0.3 is 14.6 Å². The molecule has 27 heavy (non-hydrogen) atoms. The van der Waals surface area contributed by atoms with E-state index in [1.807, 2.05) is 6.92 Å². The molecule has 0 bridgehead atoms. The molecule has 2 N–H and O–H groups in total. The van der Waals surface area contributed by atoms with E-state index in [1.165, 1.54) is 4.31 Å². The SMILES string of the molecule is Cc1ccc(S(=O)(=O)N(CCCO)C[C@H](O)CO[Si](C)(C)C(C)(C)C)cc1. The highest BCUT2D eigenvalue weighted by Gasteiger charge is 2.38. The van der Waals surface area contributed by atoms with Crippen LogP contribution in [0.25, 0.3) is 0 Å². The summed E-state index contributed by atoms with van der Waals surface area (Å²) in [5.41, 5.74) is 0.971. The third-order valence-corrected chi connectivity index (χ3v) is 11.5. The van der Waals surface area contributed by atoms with E-state index < -0.39 is 24.4 Å². The minimum atomic E-state index is -3.75. The lowest BCUT2D eigenvalue weighted by atomic mass is 10.2. The highest BCUT2D eigenvalue weighted by atomic mass is 32.2. The Kier molecular flexibility index (Phi) is 8.65. The van der Waals surface area contributed by atoms with Gasteiger partial charge in [0.2, 0.25) is 10.0 Å². The molecule has 8 heteroatoms. The molecule has 0 aliphatic rings. The van der Waals surface area contributed by atoms with Crippen molar-refractivity contribution in [1.29, 1.82) is 0 Å². The molecular formula is C19H35NO5SSi. The zero-order valence-electron chi connectivity index (χ0n) is 17.4.